The lowest BCUT2D eigenvalue weighted by Crippen LogP contribution is -2.52. The summed E-state index contributed by atoms with van der Waals surface area (Å²) in [6.45, 7) is 1.92. The van der Waals surface area contributed by atoms with Gasteiger partial charge in [0, 0.05) is 0 Å². The maximum Gasteiger partial charge on any atom is 0.513 e. The highest BCUT2D eigenvalue weighted by Gasteiger charge is 2.66. The van der Waals surface area contributed by atoms with E-state index >= 15 is 0 Å². The van der Waals surface area contributed by atoms with Gasteiger partial charge in [-0.2, -0.15) is 36.6 Å². The fraction of sp³-hybridized carbons (Fsp3) is 1.00. The predicted octanol–water partition coefficient (Wildman–Crippen LogP) is 4.86. The number of alkyl halides is 6. The molecule has 1 rings (SSSR count). The molecule has 5 nitrogen and oxygen atoms in total. The maximum absolute atomic E-state index is 13.2. The normalized spacial score (nSPS) is 20.3. The summed E-state index contributed by atoms with van der Waals surface area (Å²) in [7, 11) is -16.8. The van der Waals surface area contributed by atoms with Gasteiger partial charge in [-0.15, -0.1) is 0 Å². The van der Waals surface area contributed by atoms with Crippen molar-refractivity contribution in [2.24, 2.45) is 0 Å². The molecule has 1 aliphatic rings. The van der Waals surface area contributed by atoms with Crippen LogP contribution >= 0.6 is 10.2 Å². The van der Waals surface area contributed by atoms with Gasteiger partial charge in [-0.3, -0.25) is 0 Å². The van der Waals surface area contributed by atoms with Gasteiger partial charge in [-0.05, 0) is 39.6 Å². The van der Waals surface area contributed by atoms with Gasteiger partial charge in [-0.25, -0.2) is 16.8 Å². The monoisotopic (exact) mass is 481 g/mol. The van der Waals surface area contributed by atoms with Crippen LogP contribution in [0, 0.1) is 0 Å². The van der Waals surface area contributed by atoms with Crippen LogP contribution in [0.25, 0.3) is 0 Å². The fourth-order valence-electron chi connectivity index (χ4n) is 3.14. The lowest BCUT2D eigenvalue weighted by Gasteiger charge is -2.49. The summed E-state index contributed by atoms with van der Waals surface area (Å²) in [6, 6.07) is 0. The Labute approximate surface area is 163 Å². The molecule has 0 aliphatic carbocycles. The van der Waals surface area contributed by atoms with Crippen LogP contribution in [0.2, 0.25) is 0 Å². The molecule has 1 saturated heterocycles. The van der Waals surface area contributed by atoms with Crippen LogP contribution < -0.4 is 0 Å². The molecule has 1 heterocycles. The van der Waals surface area contributed by atoms with Crippen molar-refractivity contribution in [3.05, 3.63) is 0 Å². The summed E-state index contributed by atoms with van der Waals surface area (Å²) < 4.78 is 126. The zero-order valence-corrected chi connectivity index (χ0v) is 17.8. The molecule has 0 atom stereocenters. The van der Waals surface area contributed by atoms with E-state index in [1.807, 2.05) is 6.92 Å². The average Bonchev–Trinajstić information content (AvgIpc) is 2.53. The Morgan fingerprint density at radius 3 is 1.57 bits per heavy atom. The minimum absolute atomic E-state index is 0.173. The first-order chi connectivity index (χ1) is 12.6. The molecule has 0 radical (unpaired) electrons. The molecule has 0 bridgehead atoms. The van der Waals surface area contributed by atoms with Gasteiger partial charge in [-0.1, -0.05) is 39.0 Å². The highest BCUT2D eigenvalue weighted by molar-refractivity contribution is 8.41. The minimum atomic E-state index is -6.72. The van der Waals surface area contributed by atoms with Crippen LogP contribution in [-0.4, -0.2) is 48.2 Å². The van der Waals surface area contributed by atoms with Crippen molar-refractivity contribution in [2.45, 2.75) is 69.3 Å². The van der Waals surface area contributed by atoms with Crippen LogP contribution in [0.1, 0.15) is 58.3 Å². The first-order valence-electron chi connectivity index (χ1n) is 8.83. The van der Waals surface area contributed by atoms with Crippen molar-refractivity contribution in [3.8, 4) is 0 Å². The van der Waals surface area contributed by atoms with Crippen molar-refractivity contribution >= 4 is 30.3 Å². The van der Waals surface area contributed by atoms with Crippen LogP contribution in [0.4, 0.5) is 26.3 Å². The van der Waals surface area contributed by atoms with Crippen molar-refractivity contribution in [3.63, 3.8) is 0 Å². The van der Waals surface area contributed by atoms with E-state index in [4.69, 9.17) is 0 Å². The van der Waals surface area contributed by atoms with E-state index in [0.29, 0.717) is 19.3 Å². The topological polar surface area (TPSA) is 71.5 Å². The maximum atomic E-state index is 13.2. The summed E-state index contributed by atoms with van der Waals surface area (Å²) in [6.07, 6.45) is 3.87. The summed E-state index contributed by atoms with van der Waals surface area (Å²) in [5.74, 6) is -0.863. The Hall–Kier alpha value is -0.210. The third kappa shape index (κ3) is 5.48. The van der Waals surface area contributed by atoms with E-state index in [2.05, 4.69) is 0 Å². The molecular formula is C14H25F6NO4S3. The quantitative estimate of drug-likeness (QED) is 0.348. The van der Waals surface area contributed by atoms with Crippen LogP contribution in [-0.2, 0) is 20.0 Å². The van der Waals surface area contributed by atoms with E-state index in [-0.39, 0.29) is 36.5 Å². The van der Waals surface area contributed by atoms with E-state index in [1.54, 1.807) is 0 Å². The van der Waals surface area contributed by atoms with Gasteiger partial charge in [0.25, 0.3) is 0 Å². The number of hydrogen-bond donors (Lipinski definition) is 0. The second-order valence-corrected chi connectivity index (χ2v) is 14.5. The molecule has 0 N–H and O–H groups in total. The molecule has 1 fully saturated rings. The molecular weight excluding hydrogens is 456 g/mol. The SMILES string of the molecule is CCCCCCCS1(N(S(=O)(=O)C(F)(F)F)S(=O)(=O)C(F)(F)F)CCCCC1. The molecule has 0 aromatic rings. The molecule has 0 unspecified atom stereocenters. The molecule has 1 aliphatic heterocycles. The van der Waals surface area contributed by atoms with E-state index in [0.717, 1.165) is 12.8 Å². The molecule has 0 aromatic carbocycles. The first-order valence-corrected chi connectivity index (χ1v) is 13.8. The van der Waals surface area contributed by atoms with Gasteiger partial charge in [0.1, 0.15) is 0 Å². The number of sulfonamides is 2. The Morgan fingerprint density at radius 1 is 0.750 bits per heavy atom. The molecule has 0 aromatic heterocycles. The second kappa shape index (κ2) is 9.29. The highest BCUT2D eigenvalue weighted by atomic mass is 32.4. The molecule has 14 heteroatoms. The third-order valence-electron chi connectivity index (χ3n) is 4.47. The predicted molar refractivity (Wildman–Crippen MR) is 96.6 cm³/mol. The van der Waals surface area contributed by atoms with Gasteiger partial charge in [0.05, 0.1) is 0 Å². The molecule has 0 saturated carbocycles. The van der Waals surface area contributed by atoms with Crippen molar-refractivity contribution < 1.29 is 43.2 Å². The second-order valence-electron chi connectivity index (χ2n) is 6.65. The van der Waals surface area contributed by atoms with Gasteiger partial charge in [0.15, 0.2) is 0 Å². The first kappa shape index (κ1) is 25.8. The molecule has 0 amide bonds. The lowest BCUT2D eigenvalue weighted by molar-refractivity contribution is -0.0505. The number of hydrogen-bond acceptors (Lipinski definition) is 4. The number of unbranched alkanes of at least 4 members (excludes halogenated alkanes) is 4. The number of rotatable bonds is 9. The Morgan fingerprint density at radius 2 is 1.18 bits per heavy atom. The Bertz CT molecular complexity index is 668. The third-order valence-corrected chi connectivity index (χ3v) is 14.5. The van der Waals surface area contributed by atoms with Gasteiger partial charge >= 0.3 is 31.1 Å². The molecule has 28 heavy (non-hydrogen) atoms. The van der Waals surface area contributed by atoms with Gasteiger partial charge < -0.3 is 0 Å². The summed E-state index contributed by atoms with van der Waals surface area (Å²) >= 11 is 0. The van der Waals surface area contributed by atoms with E-state index in [9.17, 15) is 43.2 Å². The van der Waals surface area contributed by atoms with Crippen molar-refractivity contribution in [2.75, 3.05) is 17.3 Å². The highest BCUT2D eigenvalue weighted by Crippen LogP contribution is 2.61. The number of nitrogens with zero attached hydrogens (tertiary/aromatic N) is 1. The van der Waals surface area contributed by atoms with Crippen LogP contribution in [0.15, 0.2) is 0 Å². The van der Waals surface area contributed by atoms with Gasteiger partial charge in [0.2, 0.25) is 0 Å². The largest absolute Gasteiger partial charge is 0.513 e. The van der Waals surface area contributed by atoms with Crippen LogP contribution in [0.5, 0.6) is 0 Å². The van der Waals surface area contributed by atoms with E-state index < -0.39 is 44.4 Å². The molecule has 0 spiro atoms. The van der Waals surface area contributed by atoms with Crippen LogP contribution in [0.3, 0.4) is 0 Å². The van der Waals surface area contributed by atoms with Crippen molar-refractivity contribution in [1.29, 1.82) is 0 Å². The zero-order valence-electron chi connectivity index (χ0n) is 15.4. The summed E-state index contributed by atoms with van der Waals surface area (Å²) in [5, 5.41) is 0. The smallest absolute Gasteiger partial charge is 0.201 e. The molecule has 170 valence electrons. The standard InChI is InChI=1S/C14H25F6NO4S3/c1-2-3-4-5-7-10-26(11-8-6-9-12-26)21(27(22,23)13(15,16)17)28(24,25)14(18,19)20/h2-12H2,1H3. The van der Waals surface area contributed by atoms with E-state index in [1.165, 1.54) is 0 Å². The summed E-state index contributed by atoms with van der Waals surface area (Å²) in [4.78, 5) is 0. The lowest BCUT2D eigenvalue weighted by atomic mass is 10.2. The minimum Gasteiger partial charge on any atom is -0.201 e. The Kier molecular flexibility index (Phi) is 8.57. The fourth-order valence-corrected chi connectivity index (χ4v) is 13.5. The van der Waals surface area contributed by atoms with Crippen molar-refractivity contribution in [1.82, 2.24) is 3.12 Å². The average molecular weight is 482 g/mol. The summed E-state index contributed by atoms with van der Waals surface area (Å²) in [5.41, 5.74) is -12.3. The number of halogens is 6. The zero-order chi connectivity index (χ0) is 21.9. The Balaban J connectivity index is 3.48.